The van der Waals surface area contributed by atoms with Gasteiger partial charge in [0.25, 0.3) is 0 Å². The Labute approximate surface area is 75.6 Å². The topological polar surface area (TPSA) is 74.6 Å². The van der Waals surface area contributed by atoms with Gasteiger partial charge in [-0.2, -0.15) is 0 Å². The van der Waals surface area contributed by atoms with E-state index in [1.54, 1.807) is 0 Å². The molecule has 4 atom stereocenters. The molecule has 0 aromatic carbocycles. The van der Waals surface area contributed by atoms with Crippen LogP contribution < -0.4 is 0 Å². The molecule has 13 heavy (non-hydrogen) atoms. The summed E-state index contributed by atoms with van der Waals surface area (Å²) >= 11 is 0. The Kier molecular flexibility index (Phi) is 1.78. The molecule has 0 radical (unpaired) electrons. The van der Waals surface area contributed by atoms with Gasteiger partial charge in [0, 0.05) is 0 Å². The summed E-state index contributed by atoms with van der Waals surface area (Å²) < 4.78 is 0. The van der Waals surface area contributed by atoms with Crippen molar-refractivity contribution in [3.8, 4) is 0 Å². The van der Waals surface area contributed by atoms with Crippen molar-refractivity contribution < 1.29 is 19.8 Å². The third-order valence-electron chi connectivity index (χ3n) is 3.30. The van der Waals surface area contributed by atoms with Crippen LogP contribution in [0.2, 0.25) is 0 Å². The van der Waals surface area contributed by atoms with Gasteiger partial charge in [-0.25, -0.2) is 0 Å². The first-order valence-corrected chi connectivity index (χ1v) is 4.55. The molecular formula is C9H12O4. The van der Waals surface area contributed by atoms with E-state index in [9.17, 15) is 9.59 Å². The minimum absolute atomic E-state index is 0.497. The lowest BCUT2D eigenvalue weighted by Crippen LogP contribution is -2.33. The molecule has 3 unspecified atom stereocenters. The maximum absolute atomic E-state index is 10.8. The predicted octanol–water partition coefficient (Wildman–Crippen LogP) is 0.818. The Morgan fingerprint density at radius 2 is 1.23 bits per heavy atom. The zero-order valence-corrected chi connectivity index (χ0v) is 7.14. The third-order valence-corrected chi connectivity index (χ3v) is 3.30. The second-order valence-electron chi connectivity index (χ2n) is 4.12. The van der Waals surface area contributed by atoms with Crippen molar-refractivity contribution in [2.45, 2.75) is 19.3 Å². The molecule has 0 heterocycles. The van der Waals surface area contributed by atoms with Gasteiger partial charge in [-0.15, -0.1) is 0 Å². The van der Waals surface area contributed by atoms with Gasteiger partial charge >= 0.3 is 11.9 Å². The van der Waals surface area contributed by atoms with Crippen molar-refractivity contribution >= 4 is 11.9 Å². The smallest absolute Gasteiger partial charge is 0.307 e. The first-order chi connectivity index (χ1) is 6.09. The molecule has 72 valence electrons. The molecule has 2 fully saturated rings. The van der Waals surface area contributed by atoms with E-state index in [-0.39, 0.29) is 0 Å². The van der Waals surface area contributed by atoms with Gasteiger partial charge in [0.1, 0.15) is 0 Å². The number of aliphatic carboxylic acids is 2. The molecule has 4 nitrogen and oxygen atoms in total. The Hall–Kier alpha value is -1.06. The Bertz CT molecular complexity index is 234. The molecular weight excluding hydrogens is 172 g/mol. The fraction of sp³-hybridized carbons (Fsp3) is 0.778. The van der Waals surface area contributed by atoms with Crippen LogP contribution in [0, 0.1) is 23.7 Å². The molecule has 2 N–H and O–H groups in total. The number of carboxylic acid groups (broad SMARTS) is 2. The van der Waals surface area contributed by atoms with E-state index in [4.69, 9.17) is 10.2 Å². The lowest BCUT2D eigenvalue weighted by molar-refractivity contribution is -0.155. The molecule has 0 bridgehead atoms. The molecule has 0 aliphatic heterocycles. The van der Waals surface area contributed by atoms with Crippen LogP contribution in [0.15, 0.2) is 0 Å². The van der Waals surface area contributed by atoms with Crippen LogP contribution in [0.5, 0.6) is 0 Å². The summed E-state index contributed by atoms with van der Waals surface area (Å²) in [5.74, 6) is -2.20. The van der Waals surface area contributed by atoms with Gasteiger partial charge in [0.2, 0.25) is 0 Å². The van der Waals surface area contributed by atoms with Gasteiger partial charge in [0.05, 0.1) is 11.8 Å². The molecule has 0 aromatic rings. The van der Waals surface area contributed by atoms with Crippen LogP contribution in [0.4, 0.5) is 0 Å². The standard InChI is InChI=1S/C9H12O4/c10-8(11)6-2-4-1-5(4)3-7(6)9(12)13/h4-7H,1-3H2,(H,10,11)(H,12,13)/t4?,5?,6-,7?/m0/s1. The third kappa shape index (κ3) is 1.41. The highest BCUT2D eigenvalue weighted by Crippen LogP contribution is 2.53. The summed E-state index contributed by atoms with van der Waals surface area (Å²) in [6.07, 6.45) is 2.17. The maximum atomic E-state index is 10.8. The average molecular weight is 184 g/mol. The van der Waals surface area contributed by atoms with Crippen molar-refractivity contribution in [3.63, 3.8) is 0 Å². The number of carbonyl (C=O) groups is 2. The number of hydrogen-bond donors (Lipinski definition) is 2. The summed E-state index contributed by atoms with van der Waals surface area (Å²) in [4.78, 5) is 21.5. The highest BCUT2D eigenvalue weighted by atomic mass is 16.4. The van der Waals surface area contributed by atoms with E-state index in [1.165, 1.54) is 0 Å². The van der Waals surface area contributed by atoms with Gasteiger partial charge in [-0.05, 0) is 31.1 Å². The van der Waals surface area contributed by atoms with E-state index < -0.39 is 23.8 Å². The predicted molar refractivity (Wildman–Crippen MR) is 43.1 cm³/mol. The number of hydrogen-bond acceptors (Lipinski definition) is 2. The van der Waals surface area contributed by atoms with Crippen LogP contribution >= 0.6 is 0 Å². The minimum atomic E-state index is -0.947. The molecule has 2 rings (SSSR count). The normalized spacial score (nSPS) is 42.2. The lowest BCUT2D eigenvalue weighted by atomic mass is 9.79. The van der Waals surface area contributed by atoms with E-state index in [0.717, 1.165) is 6.42 Å². The summed E-state index contributed by atoms with van der Waals surface area (Å²) in [7, 11) is 0. The Morgan fingerprint density at radius 1 is 0.846 bits per heavy atom. The molecule has 4 heteroatoms. The second-order valence-corrected chi connectivity index (χ2v) is 4.12. The Balaban J connectivity index is 2.12. The van der Waals surface area contributed by atoms with Crippen LogP contribution in [-0.2, 0) is 9.59 Å². The van der Waals surface area contributed by atoms with E-state index in [1.807, 2.05) is 0 Å². The van der Waals surface area contributed by atoms with Crippen molar-refractivity contribution in [1.82, 2.24) is 0 Å². The highest BCUT2D eigenvalue weighted by molar-refractivity contribution is 5.80. The zero-order valence-electron chi connectivity index (χ0n) is 7.14. The molecule has 0 amide bonds. The minimum Gasteiger partial charge on any atom is -0.481 e. The van der Waals surface area contributed by atoms with Crippen LogP contribution in [0.3, 0.4) is 0 Å². The fourth-order valence-electron chi connectivity index (χ4n) is 2.41. The molecule has 2 aliphatic carbocycles. The van der Waals surface area contributed by atoms with Crippen LogP contribution in [0.1, 0.15) is 19.3 Å². The van der Waals surface area contributed by atoms with E-state index in [2.05, 4.69) is 0 Å². The van der Waals surface area contributed by atoms with E-state index >= 15 is 0 Å². The summed E-state index contributed by atoms with van der Waals surface area (Å²) in [6, 6.07) is 0. The van der Waals surface area contributed by atoms with Crippen molar-refractivity contribution in [3.05, 3.63) is 0 Å². The largest absolute Gasteiger partial charge is 0.481 e. The first kappa shape index (κ1) is 8.53. The lowest BCUT2D eigenvalue weighted by Gasteiger charge is -2.24. The molecule has 2 aliphatic rings. The summed E-state index contributed by atoms with van der Waals surface area (Å²) in [6.45, 7) is 0. The summed E-state index contributed by atoms with van der Waals surface area (Å²) in [5, 5.41) is 17.7. The van der Waals surface area contributed by atoms with Crippen LogP contribution in [-0.4, -0.2) is 22.2 Å². The average Bonchev–Trinajstić information content (AvgIpc) is 2.78. The van der Waals surface area contributed by atoms with Crippen molar-refractivity contribution in [2.24, 2.45) is 23.7 Å². The number of fused-ring (bicyclic) bond motifs is 1. The van der Waals surface area contributed by atoms with Gasteiger partial charge in [-0.1, -0.05) is 0 Å². The monoisotopic (exact) mass is 184 g/mol. The first-order valence-electron chi connectivity index (χ1n) is 4.55. The molecule has 0 spiro atoms. The number of carboxylic acids is 2. The van der Waals surface area contributed by atoms with Crippen molar-refractivity contribution in [2.75, 3.05) is 0 Å². The van der Waals surface area contributed by atoms with Gasteiger partial charge < -0.3 is 10.2 Å². The molecule has 0 aromatic heterocycles. The SMILES string of the molecule is O=C(O)C1CC2CC2C[C@@H]1C(=O)O. The second kappa shape index (κ2) is 2.72. The quantitative estimate of drug-likeness (QED) is 0.666. The summed E-state index contributed by atoms with van der Waals surface area (Å²) in [5.41, 5.74) is 0. The highest BCUT2D eigenvalue weighted by Gasteiger charge is 2.51. The molecule has 0 saturated heterocycles. The van der Waals surface area contributed by atoms with Crippen LogP contribution in [0.25, 0.3) is 0 Å². The zero-order chi connectivity index (χ0) is 9.59. The van der Waals surface area contributed by atoms with Gasteiger partial charge in [-0.3, -0.25) is 9.59 Å². The van der Waals surface area contributed by atoms with Gasteiger partial charge in [0.15, 0.2) is 0 Å². The number of rotatable bonds is 2. The Morgan fingerprint density at radius 3 is 1.54 bits per heavy atom. The van der Waals surface area contributed by atoms with E-state index in [0.29, 0.717) is 24.7 Å². The van der Waals surface area contributed by atoms with Crippen molar-refractivity contribution in [1.29, 1.82) is 0 Å². The molecule has 2 saturated carbocycles. The fourth-order valence-corrected chi connectivity index (χ4v) is 2.41. The maximum Gasteiger partial charge on any atom is 0.307 e.